The van der Waals surface area contributed by atoms with Gasteiger partial charge in [0, 0.05) is 6.61 Å². The van der Waals surface area contributed by atoms with E-state index < -0.39 is 0 Å². The van der Waals surface area contributed by atoms with Crippen molar-refractivity contribution in [2.75, 3.05) is 13.2 Å². The zero-order chi connectivity index (χ0) is 12.7. The number of nitrogens with one attached hydrogen (secondary N) is 1. The molecule has 0 aliphatic heterocycles. The highest BCUT2D eigenvalue weighted by molar-refractivity contribution is 5.77. The molecule has 0 aliphatic carbocycles. The van der Waals surface area contributed by atoms with Gasteiger partial charge in [0.1, 0.15) is 6.61 Å². The zero-order valence-corrected chi connectivity index (χ0v) is 10.8. The van der Waals surface area contributed by atoms with Gasteiger partial charge in [0.25, 0.3) is 0 Å². The van der Waals surface area contributed by atoms with E-state index in [1.165, 1.54) is 5.56 Å². The minimum Gasteiger partial charge on any atom is -0.372 e. The molecule has 0 saturated carbocycles. The lowest BCUT2D eigenvalue weighted by molar-refractivity contribution is -0.126. The molecule has 1 N–H and O–H groups in total. The standard InChI is InChI=1S/C14H21NO2/c1-4-8-17-10-14(16)15-12(3)13-7-5-6-11(2)9-13/h5-7,9,12H,4,8,10H2,1-3H3,(H,15,16)/t12-/m1/s1. The van der Waals surface area contributed by atoms with Crippen LogP contribution in [0.1, 0.15) is 37.4 Å². The number of carbonyl (C=O) groups excluding carboxylic acids is 1. The Labute approximate surface area is 103 Å². The Morgan fingerprint density at radius 1 is 1.47 bits per heavy atom. The maximum atomic E-state index is 11.6. The van der Waals surface area contributed by atoms with E-state index >= 15 is 0 Å². The summed E-state index contributed by atoms with van der Waals surface area (Å²) >= 11 is 0. The van der Waals surface area contributed by atoms with E-state index in [1.807, 2.05) is 39.0 Å². The maximum Gasteiger partial charge on any atom is 0.246 e. The first-order chi connectivity index (χ1) is 8.13. The highest BCUT2D eigenvalue weighted by Crippen LogP contribution is 2.13. The average molecular weight is 235 g/mol. The van der Waals surface area contributed by atoms with Crippen molar-refractivity contribution in [1.29, 1.82) is 0 Å². The van der Waals surface area contributed by atoms with Crippen LogP contribution in [-0.4, -0.2) is 19.1 Å². The van der Waals surface area contributed by atoms with Gasteiger partial charge in [-0.3, -0.25) is 4.79 Å². The van der Waals surface area contributed by atoms with Crippen molar-refractivity contribution in [2.45, 2.75) is 33.2 Å². The number of ether oxygens (including phenoxy) is 1. The van der Waals surface area contributed by atoms with E-state index in [9.17, 15) is 4.79 Å². The molecular weight excluding hydrogens is 214 g/mol. The summed E-state index contributed by atoms with van der Waals surface area (Å²) in [5, 5.41) is 2.92. The van der Waals surface area contributed by atoms with Crippen molar-refractivity contribution in [3.05, 3.63) is 35.4 Å². The monoisotopic (exact) mass is 235 g/mol. The third-order valence-corrected chi connectivity index (χ3v) is 2.50. The second kappa shape index (κ2) is 7.07. The first-order valence-corrected chi connectivity index (χ1v) is 6.07. The van der Waals surface area contributed by atoms with Crippen LogP contribution in [0.5, 0.6) is 0 Å². The molecule has 0 aromatic heterocycles. The average Bonchev–Trinajstić information content (AvgIpc) is 2.29. The lowest BCUT2D eigenvalue weighted by Crippen LogP contribution is -2.30. The molecule has 0 fully saturated rings. The van der Waals surface area contributed by atoms with Crippen LogP contribution in [-0.2, 0) is 9.53 Å². The summed E-state index contributed by atoms with van der Waals surface area (Å²) in [5.74, 6) is -0.0625. The van der Waals surface area contributed by atoms with Crippen molar-refractivity contribution in [1.82, 2.24) is 5.32 Å². The Bertz CT molecular complexity index is 363. The minimum atomic E-state index is -0.0625. The summed E-state index contributed by atoms with van der Waals surface area (Å²) in [6.45, 7) is 6.82. The molecule has 1 aromatic rings. The van der Waals surface area contributed by atoms with Crippen molar-refractivity contribution in [3.63, 3.8) is 0 Å². The molecule has 0 spiro atoms. The van der Waals surface area contributed by atoms with Crippen LogP contribution < -0.4 is 5.32 Å². The Kier molecular flexibility index (Phi) is 5.70. The maximum absolute atomic E-state index is 11.6. The smallest absolute Gasteiger partial charge is 0.246 e. The summed E-state index contributed by atoms with van der Waals surface area (Å²) < 4.78 is 5.19. The molecule has 0 unspecified atom stereocenters. The predicted molar refractivity (Wildman–Crippen MR) is 68.8 cm³/mol. The third kappa shape index (κ3) is 5.00. The van der Waals surface area contributed by atoms with Crippen molar-refractivity contribution in [2.24, 2.45) is 0 Å². The van der Waals surface area contributed by atoms with E-state index in [4.69, 9.17) is 4.74 Å². The van der Waals surface area contributed by atoms with E-state index in [-0.39, 0.29) is 18.6 Å². The third-order valence-electron chi connectivity index (χ3n) is 2.50. The second-order valence-electron chi connectivity index (χ2n) is 4.26. The van der Waals surface area contributed by atoms with E-state index in [1.54, 1.807) is 0 Å². The summed E-state index contributed by atoms with van der Waals surface area (Å²) in [6, 6.07) is 8.17. The summed E-state index contributed by atoms with van der Waals surface area (Å²) in [6.07, 6.45) is 0.931. The van der Waals surface area contributed by atoms with Crippen LogP contribution in [0.25, 0.3) is 0 Å². The molecule has 1 aromatic carbocycles. The molecule has 1 amide bonds. The van der Waals surface area contributed by atoms with Crippen LogP contribution in [0, 0.1) is 6.92 Å². The molecule has 17 heavy (non-hydrogen) atoms. The normalized spacial score (nSPS) is 12.2. The molecule has 0 heterocycles. The fourth-order valence-corrected chi connectivity index (χ4v) is 1.62. The lowest BCUT2D eigenvalue weighted by atomic mass is 10.1. The van der Waals surface area contributed by atoms with Crippen molar-refractivity contribution >= 4 is 5.91 Å². The Hall–Kier alpha value is -1.35. The van der Waals surface area contributed by atoms with Gasteiger partial charge >= 0.3 is 0 Å². The number of aryl methyl sites for hydroxylation is 1. The molecule has 0 saturated heterocycles. The van der Waals surface area contributed by atoms with Gasteiger partial charge in [-0.15, -0.1) is 0 Å². The summed E-state index contributed by atoms with van der Waals surface area (Å²) in [7, 11) is 0. The largest absolute Gasteiger partial charge is 0.372 e. The van der Waals surface area contributed by atoms with E-state index in [2.05, 4.69) is 11.4 Å². The van der Waals surface area contributed by atoms with Crippen LogP contribution in [0.3, 0.4) is 0 Å². The number of hydrogen-bond acceptors (Lipinski definition) is 2. The topological polar surface area (TPSA) is 38.3 Å². The predicted octanol–water partition coefficient (Wildman–Crippen LogP) is 2.60. The van der Waals surface area contributed by atoms with Crippen LogP contribution >= 0.6 is 0 Å². The number of amides is 1. The molecule has 1 rings (SSSR count). The summed E-state index contributed by atoms with van der Waals surface area (Å²) in [4.78, 5) is 11.6. The quantitative estimate of drug-likeness (QED) is 0.770. The highest BCUT2D eigenvalue weighted by Gasteiger charge is 2.09. The highest BCUT2D eigenvalue weighted by atomic mass is 16.5. The lowest BCUT2D eigenvalue weighted by Gasteiger charge is -2.14. The SMILES string of the molecule is CCCOCC(=O)N[C@H](C)c1cccc(C)c1. The molecule has 1 atom stereocenters. The number of rotatable bonds is 6. The summed E-state index contributed by atoms with van der Waals surface area (Å²) in [5.41, 5.74) is 2.32. The second-order valence-corrected chi connectivity index (χ2v) is 4.26. The fourth-order valence-electron chi connectivity index (χ4n) is 1.62. The zero-order valence-electron chi connectivity index (χ0n) is 10.8. The van der Waals surface area contributed by atoms with Crippen LogP contribution in [0.15, 0.2) is 24.3 Å². The van der Waals surface area contributed by atoms with Gasteiger partial charge in [0.2, 0.25) is 5.91 Å². The number of hydrogen-bond donors (Lipinski definition) is 1. The first kappa shape index (κ1) is 13.7. The molecule has 3 nitrogen and oxygen atoms in total. The van der Waals surface area contributed by atoms with Crippen molar-refractivity contribution in [3.8, 4) is 0 Å². The minimum absolute atomic E-state index is 0.0210. The number of benzene rings is 1. The van der Waals surface area contributed by atoms with Gasteiger partial charge in [-0.2, -0.15) is 0 Å². The molecule has 0 bridgehead atoms. The van der Waals surface area contributed by atoms with Gasteiger partial charge < -0.3 is 10.1 Å². The van der Waals surface area contributed by atoms with Gasteiger partial charge in [0.05, 0.1) is 6.04 Å². The van der Waals surface area contributed by atoms with Crippen molar-refractivity contribution < 1.29 is 9.53 Å². The molecule has 94 valence electrons. The number of carbonyl (C=O) groups is 1. The first-order valence-electron chi connectivity index (χ1n) is 6.07. The Morgan fingerprint density at radius 2 is 2.24 bits per heavy atom. The fraction of sp³-hybridized carbons (Fsp3) is 0.500. The van der Waals surface area contributed by atoms with Gasteiger partial charge in [-0.1, -0.05) is 36.8 Å². The molecule has 0 radical (unpaired) electrons. The van der Waals surface area contributed by atoms with E-state index in [0.717, 1.165) is 12.0 Å². The van der Waals surface area contributed by atoms with Crippen LogP contribution in [0.2, 0.25) is 0 Å². The van der Waals surface area contributed by atoms with Crippen LogP contribution in [0.4, 0.5) is 0 Å². The molecule has 0 aliphatic rings. The molecule has 3 heteroatoms. The molecular formula is C14H21NO2. The van der Waals surface area contributed by atoms with E-state index in [0.29, 0.717) is 6.61 Å². The van der Waals surface area contributed by atoms with Gasteiger partial charge in [0.15, 0.2) is 0 Å². The van der Waals surface area contributed by atoms with Gasteiger partial charge in [-0.05, 0) is 25.8 Å². The van der Waals surface area contributed by atoms with Gasteiger partial charge in [-0.25, -0.2) is 0 Å². The Morgan fingerprint density at radius 3 is 2.88 bits per heavy atom. The Balaban J connectivity index is 2.43.